The van der Waals surface area contributed by atoms with Crippen LogP contribution in [0.3, 0.4) is 0 Å². The number of anilines is 2. The summed E-state index contributed by atoms with van der Waals surface area (Å²) >= 11 is 1.41. The molecular formula is C23H27N3O3S2. The number of hydrogen-bond donors (Lipinski definition) is 0. The van der Waals surface area contributed by atoms with Crippen molar-refractivity contribution >= 4 is 44.0 Å². The van der Waals surface area contributed by atoms with Gasteiger partial charge in [0, 0.05) is 29.7 Å². The number of amides is 1. The first-order valence-electron chi connectivity index (χ1n) is 10.6. The molecule has 164 valence electrons. The van der Waals surface area contributed by atoms with Crippen LogP contribution in [0.5, 0.6) is 0 Å². The third-order valence-corrected chi connectivity index (χ3v) is 8.95. The highest BCUT2D eigenvalue weighted by molar-refractivity contribution is 8.16. The van der Waals surface area contributed by atoms with Gasteiger partial charge < -0.3 is 9.80 Å². The van der Waals surface area contributed by atoms with Gasteiger partial charge in [-0.3, -0.25) is 4.79 Å². The van der Waals surface area contributed by atoms with Crippen LogP contribution in [-0.2, 0) is 21.1 Å². The Bertz CT molecular complexity index is 1070. The number of aliphatic imine (C=N–C) groups is 1. The Morgan fingerprint density at radius 3 is 2.39 bits per heavy atom. The molecule has 2 aromatic carbocycles. The molecule has 6 nitrogen and oxygen atoms in total. The molecule has 0 aliphatic carbocycles. The van der Waals surface area contributed by atoms with Gasteiger partial charge in [0.1, 0.15) is 0 Å². The van der Waals surface area contributed by atoms with E-state index in [1.54, 1.807) is 0 Å². The van der Waals surface area contributed by atoms with Gasteiger partial charge in [-0.2, -0.15) is 4.99 Å². The molecule has 8 heteroatoms. The summed E-state index contributed by atoms with van der Waals surface area (Å²) in [5.74, 6) is -0.00216. The van der Waals surface area contributed by atoms with Crippen molar-refractivity contribution in [1.29, 1.82) is 0 Å². The monoisotopic (exact) mass is 457 g/mol. The minimum absolute atomic E-state index is 0.0916. The first-order chi connectivity index (χ1) is 14.9. The Kier molecular flexibility index (Phi) is 6.39. The highest BCUT2D eigenvalue weighted by Crippen LogP contribution is 2.41. The number of rotatable bonds is 6. The van der Waals surface area contributed by atoms with Crippen molar-refractivity contribution in [2.24, 2.45) is 4.99 Å². The van der Waals surface area contributed by atoms with E-state index in [9.17, 15) is 13.2 Å². The van der Waals surface area contributed by atoms with Crippen molar-refractivity contribution in [3.8, 4) is 0 Å². The van der Waals surface area contributed by atoms with E-state index in [4.69, 9.17) is 0 Å². The first kappa shape index (κ1) is 21.9. The maximum atomic E-state index is 12.7. The van der Waals surface area contributed by atoms with E-state index in [1.807, 2.05) is 59.5 Å². The number of nitrogens with zero attached hydrogens (tertiary/aromatic N) is 3. The zero-order valence-electron chi connectivity index (χ0n) is 17.8. The molecule has 0 aromatic heterocycles. The summed E-state index contributed by atoms with van der Waals surface area (Å²) in [4.78, 5) is 21.3. The molecule has 2 aliphatic rings. The smallest absolute Gasteiger partial charge is 0.252 e. The van der Waals surface area contributed by atoms with E-state index in [-0.39, 0.29) is 35.1 Å². The Morgan fingerprint density at radius 2 is 1.74 bits per heavy atom. The zero-order valence-corrected chi connectivity index (χ0v) is 19.4. The van der Waals surface area contributed by atoms with Gasteiger partial charge in [-0.25, -0.2) is 8.42 Å². The molecule has 0 radical (unpaired) electrons. The van der Waals surface area contributed by atoms with E-state index in [1.165, 1.54) is 11.8 Å². The van der Waals surface area contributed by atoms with Crippen LogP contribution in [0, 0.1) is 0 Å². The molecule has 2 atom stereocenters. The molecule has 0 spiro atoms. The second kappa shape index (κ2) is 9.04. The third-order valence-electron chi connectivity index (χ3n) is 5.74. The highest BCUT2D eigenvalue weighted by Gasteiger charge is 2.49. The molecule has 2 aliphatic heterocycles. The number of amidine groups is 1. The largest absolute Gasteiger partial charge is 0.372 e. The van der Waals surface area contributed by atoms with Crippen molar-refractivity contribution in [1.82, 2.24) is 0 Å². The Labute approximate surface area is 188 Å². The SMILES string of the molecule is CCN(CC)c1ccc(N2C(=NC(=O)Cc3ccccc3)S[C@H]3CS(=O)(=O)C[C@@H]32)cc1. The van der Waals surface area contributed by atoms with E-state index >= 15 is 0 Å². The molecule has 1 amide bonds. The lowest BCUT2D eigenvalue weighted by molar-refractivity contribution is -0.117. The van der Waals surface area contributed by atoms with Crippen LogP contribution >= 0.6 is 11.8 Å². The van der Waals surface area contributed by atoms with Crippen molar-refractivity contribution in [2.75, 3.05) is 34.4 Å². The van der Waals surface area contributed by atoms with Crippen molar-refractivity contribution in [3.63, 3.8) is 0 Å². The van der Waals surface area contributed by atoms with Crippen LogP contribution < -0.4 is 9.80 Å². The van der Waals surface area contributed by atoms with Gasteiger partial charge in [0.2, 0.25) is 0 Å². The van der Waals surface area contributed by atoms with Gasteiger partial charge in [0.25, 0.3) is 5.91 Å². The maximum Gasteiger partial charge on any atom is 0.252 e. The molecule has 0 unspecified atom stereocenters. The molecule has 0 bridgehead atoms. The summed E-state index contributed by atoms with van der Waals surface area (Å²) < 4.78 is 24.5. The average Bonchev–Trinajstić information content (AvgIpc) is 3.21. The third kappa shape index (κ3) is 4.80. The lowest BCUT2D eigenvalue weighted by Gasteiger charge is -2.26. The van der Waals surface area contributed by atoms with Crippen LogP contribution in [0.15, 0.2) is 59.6 Å². The fourth-order valence-electron chi connectivity index (χ4n) is 4.20. The second-order valence-electron chi connectivity index (χ2n) is 7.81. The van der Waals surface area contributed by atoms with E-state index in [0.717, 1.165) is 30.0 Å². The van der Waals surface area contributed by atoms with E-state index < -0.39 is 9.84 Å². The predicted molar refractivity (Wildman–Crippen MR) is 129 cm³/mol. The normalized spacial score (nSPS) is 23.2. The summed E-state index contributed by atoms with van der Waals surface area (Å²) in [6.45, 7) is 6.06. The number of fused-ring (bicyclic) bond motifs is 1. The van der Waals surface area contributed by atoms with Gasteiger partial charge >= 0.3 is 0 Å². The highest BCUT2D eigenvalue weighted by atomic mass is 32.2. The van der Waals surface area contributed by atoms with Gasteiger partial charge in [0.15, 0.2) is 15.0 Å². The molecule has 31 heavy (non-hydrogen) atoms. The number of hydrogen-bond acceptors (Lipinski definition) is 5. The van der Waals surface area contributed by atoms with Crippen molar-refractivity contribution < 1.29 is 13.2 Å². The van der Waals surface area contributed by atoms with Crippen molar-refractivity contribution in [2.45, 2.75) is 31.6 Å². The van der Waals surface area contributed by atoms with Crippen LogP contribution in [0.25, 0.3) is 0 Å². The summed E-state index contributed by atoms with van der Waals surface area (Å²) in [6.07, 6.45) is 0.229. The average molecular weight is 458 g/mol. The van der Waals surface area contributed by atoms with Crippen LogP contribution in [-0.4, -0.2) is 55.4 Å². The minimum atomic E-state index is -3.09. The molecule has 2 heterocycles. The molecule has 2 saturated heterocycles. The van der Waals surface area contributed by atoms with E-state index in [2.05, 4.69) is 23.7 Å². The number of thioether (sulfide) groups is 1. The maximum absolute atomic E-state index is 12.7. The Balaban J connectivity index is 1.63. The second-order valence-corrected chi connectivity index (χ2v) is 11.2. The van der Waals surface area contributed by atoms with Crippen LogP contribution in [0.4, 0.5) is 11.4 Å². The minimum Gasteiger partial charge on any atom is -0.372 e. The van der Waals surface area contributed by atoms with Crippen molar-refractivity contribution in [3.05, 3.63) is 60.2 Å². The molecular weight excluding hydrogens is 430 g/mol. The van der Waals surface area contributed by atoms with E-state index in [0.29, 0.717) is 5.17 Å². The standard InChI is InChI=1S/C23H27N3O3S2/c1-3-25(4-2)18-10-12-19(13-11-18)26-20-15-31(28,29)16-21(20)30-23(26)24-22(27)14-17-8-6-5-7-9-17/h5-13,20-21H,3-4,14-16H2,1-2H3/t20-,21-/m0/s1. The number of carbonyl (C=O) groups is 1. The van der Waals surface area contributed by atoms with Gasteiger partial charge in [0.05, 0.1) is 24.0 Å². The molecule has 4 rings (SSSR count). The van der Waals surface area contributed by atoms with Crippen LogP contribution in [0.2, 0.25) is 0 Å². The summed E-state index contributed by atoms with van der Waals surface area (Å²) in [5.41, 5.74) is 2.91. The first-order valence-corrected chi connectivity index (χ1v) is 13.3. The quantitative estimate of drug-likeness (QED) is 0.662. The topological polar surface area (TPSA) is 70.0 Å². The lowest BCUT2D eigenvalue weighted by Crippen LogP contribution is -2.37. The fraction of sp³-hybridized carbons (Fsp3) is 0.391. The summed E-state index contributed by atoms with van der Waals surface area (Å²) in [5, 5.41) is 0.497. The summed E-state index contributed by atoms with van der Waals surface area (Å²) in [7, 11) is -3.09. The lowest BCUT2D eigenvalue weighted by atomic mass is 10.1. The Morgan fingerprint density at radius 1 is 1.06 bits per heavy atom. The fourth-order valence-corrected chi connectivity index (χ4v) is 8.13. The molecule has 0 saturated carbocycles. The van der Waals surface area contributed by atoms with Gasteiger partial charge in [-0.05, 0) is 43.7 Å². The number of benzene rings is 2. The number of carbonyl (C=O) groups excluding carboxylic acids is 1. The van der Waals surface area contributed by atoms with Gasteiger partial charge in [-0.1, -0.05) is 42.1 Å². The molecule has 2 aromatic rings. The Hall–Kier alpha value is -2.32. The molecule has 0 N–H and O–H groups in total. The van der Waals surface area contributed by atoms with Crippen LogP contribution in [0.1, 0.15) is 19.4 Å². The summed E-state index contributed by atoms with van der Waals surface area (Å²) in [6, 6.07) is 17.4. The van der Waals surface area contributed by atoms with Gasteiger partial charge in [-0.15, -0.1) is 0 Å². The zero-order chi connectivity index (χ0) is 22.0. The predicted octanol–water partition coefficient (Wildman–Crippen LogP) is 3.38. The number of sulfone groups is 1. The molecule has 2 fully saturated rings.